The van der Waals surface area contributed by atoms with Gasteiger partial charge < -0.3 is 5.11 Å². The zero-order chi connectivity index (χ0) is 15.9. The number of rotatable bonds is 15. The molecule has 0 fully saturated rings. The van der Waals surface area contributed by atoms with Crippen molar-refractivity contribution < 1.29 is 9.90 Å². The largest absolute Gasteiger partial charge is 0.478 e. The molecule has 0 radical (unpaired) electrons. The first-order chi connectivity index (χ1) is 10.1. The monoisotopic (exact) mass is 296 g/mol. The van der Waals surface area contributed by atoms with Gasteiger partial charge in [0.25, 0.3) is 0 Å². The molecule has 0 saturated carbocycles. The molecule has 0 rings (SSSR count). The molecule has 0 aliphatic rings. The van der Waals surface area contributed by atoms with E-state index in [1.54, 1.807) is 0 Å². The summed E-state index contributed by atoms with van der Waals surface area (Å²) >= 11 is 0. The Hall–Kier alpha value is -0.790. The quantitative estimate of drug-likeness (QED) is 0.282. The van der Waals surface area contributed by atoms with Crippen molar-refractivity contribution >= 4 is 5.97 Å². The highest BCUT2D eigenvalue weighted by Crippen LogP contribution is 2.25. The minimum Gasteiger partial charge on any atom is -0.478 e. The molecule has 1 unspecified atom stereocenters. The van der Waals surface area contributed by atoms with Crippen molar-refractivity contribution in [2.45, 2.75) is 97.3 Å². The van der Waals surface area contributed by atoms with Crippen LogP contribution in [0.25, 0.3) is 0 Å². The van der Waals surface area contributed by atoms with Crippen LogP contribution in [-0.2, 0) is 4.79 Å². The molecule has 1 atom stereocenters. The van der Waals surface area contributed by atoms with Crippen LogP contribution in [0.5, 0.6) is 0 Å². The Morgan fingerprint density at radius 3 is 1.57 bits per heavy atom. The minimum atomic E-state index is -0.806. The summed E-state index contributed by atoms with van der Waals surface area (Å²) in [6.45, 7) is 8.24. The lowest BCUT2D eigenvalue weighted by Crippen LogP contribution is -2.12. The topological polar surface area (TPSA) is 37.3 Å². The second-order valence-electron chi connectivity index (χ2n) is 6.29. The average molecular weight is 296 g/mol. The fourth-order valence-corrected chi connectivity index (χ4v) is 2.83. The van der Waals surface area contributed by atoms with E-state index in [1.807, 2.05) is 0 Å². The van der Waals surface area contributed by atoms with Crippen molar-refractivity contribution in [2.75, 3.05) is 0 Å². The molecular formula is C19H36O2. The molecule has 2 nitrogen and oxygen atoms in total. The van der Waals surface area contributed by atoms with Crippen LogP contribution in [0.1, 0.15) is 97.3 Å². The number of hydrogen-bond donors (Lipinski definition) is 1. The van der Waals surface area contributed by atoms with Gasteiger partial charge in [0.05, 0.1) is 0 Å². The van der Waals surface area contributed by atoms with Gasteiger partial charge in [0.1, 0.15) is 0 Å². The van der Waals surface area contributed by atoms with Gasteiger partial charge in [0.2, 0.25) is 0 Å². The van der Waals surface area contributed by atoms with Crippen LogP contribution in [0.2, 0.25) is 0 Å². The van der Waals surface area contributed by atoms with Crippen molar-refractivity contribution in [1.82, 2.24) is 0 Å². The first-order valence-electron chi connectivity index (χ1n) is 9.05. The van der Waals surface area contributed by atoms with E-state index in [2.05, 4.69) is 20.4 Å². The number of carboxylic acids is 1. The number of carbonyl (C=O) groups is 1. The van der Waals surface area contributed by atoms with Gasteiger partial charge in [-0.05, 0) is 18.8 Å². The second-order valence-corrected chi connectivity index (χ2v) is 6.29. The summed E-state index contributed by atoms with van der Waals surface area (Å²) in [6.07, 6.45) is 15.8. The first-order valence-corrected chi connectivity index (χ1v) is 9.05. The van der Waals surface area contributed by atoms with Crippen molar-refractivity contribution in [3.05, 3.63) is 12.2 Å². The predicted molar refractivity (Wildman–Crippen MR) is 91.6 cm³/mol. The molecule has 0 aromatic rings. The van der Waals surface area contributed by atoms with Crippen LogP contribution in [0.4, 0.5) is 0 Å². The Kier molecular flexibility index (Phi) is 13.6. The third kappa shape index (κ3) is 11.5. The van der Waals surface area contributed by atoms with Crippen LogP contribution in [0.15, 0.2) is 12.2 Å². The molecule has 0 heterocycles. The maximum absolute atomic E-state index is 11.2. The zero-order valence-corrected chi connectivity index (χ0v) is 14.3. The third-order valence-electron chi connectivity index (χ3n) is 4.33. The zero-order valence-electron chi connectivity index (χ0n) is 14.3. The van der Waals surface area contributed by atoms with Crippen LogP contribution in [0, 0.1) is 5.92 Å². The Bertz CT molecular complexity index is 271. The Labute approximate surface area is 132 Å². The van der Waals surface area contributed by atoms with E-state index in [4.69, 9.17) is 5.11 Å². The fraction of sp³-hybridized carbons (Fsp3) is 0.842. The summed E-state index contributed by atoms with van der Waals surface area (Å²) < 4.78 is 0. The van der Waals surface area contributed by atoms with E-state index >= 15 is 0 Å². The molecule has 0 amide bonds. The molecule has 1 N–H and O–H groups in total. The Morgan fingerprint density at radius 2 is 1.19 bits per heavy atom. The third-order valence-corrected chi connectivity index (χ3v) is 4.33. The summed E-state index contributed by atoms with van der Waals surface area (Å²) in [4.78, 5) is 11.2. The van der Waals surface area contributed by atoms with Crippen LogP contribution in [-0.4, -0.2) is 11.1 Å². The van der Waals surface area contributed by atoms with Gasteiger partial charge in [-0.2, -0.15) is 0 Å². The highest BCUT2D eigenvalue weighted by molar-refractivity contribution is 5.86. The van der Waals surface area contributed by atoms with Crippen LogP contribution >= 0.6 is 0 Å². The highest BCUT2D eigenvalue weighted by Gasteiger charge is 2.17. The number of aliphatic carboxylic acids is 1. The van der Waals surface area contributed by atoms with Gasteiger partial charge in [0, 0.05) is 5.57 Å². The first kappa shape index (κ1) is 20.2. The number of hydrogen-bond acceptors (Lipinski definition) is 1. The van der Waals surface area contributed by atoms with Crippen molar-refractivity contribution in [2.24, 2.45) is 5.92 Å². The predicted octanol–water partition coefficient (Wildman–Crippen LogP) is 6.35. The van der Waals surface area contributed by atoms with E-state index < -0.39 is 5.97 Å². The molecular weight excluding hydrogens is 260 g/mol. The van der Waals surface area contributed by atoms with Crippen LogP contribution in [0.3, 0.4) is 0 Å². The maximum atomic E-state index is 11.2. The average Bonchev–Trinajstić information content (AvgIpc) is 2.47. The van der Waals surface area contributed by atoms with Gasteiger partial charge in [-0.3, -0.25) is 0 Å². The smallest absolute Gasteiger partial charge is 0.331 e. The maximum Gasteiger partial charge on any atom is 0.331 e. The molecule has 0 aromatic heterocycles. The molecule has 0 aromatic carbocycles. The molecule has 0 saturated heterocycles. The van der Waals surface area contributed by atoms with E-state index in [1.165, 1.54) is 57.8 Å². The van der Waals surface area contributed by atoms with E-state index in [0.29, 0.717) is 5.57 Å². The van der Waals surface area contributed by atoms with Gasteiger partial charge in [-0.25, -0.2) is 4.79 Å². The van der Waals surface area contributed by atoms with E-state index in [9.17, 15) is 4.79 Å². The molecule has 21 heavy (non-hydrogen) atoms. The number of unbranched alkanes of at least 4 members (excludes halogenated alkanes) is 9. The van der Waals surface area contributed by atoms with Crippen molar-refractivity contribution in [3.63, 3.8) is 0 Å². The molecule has 0 aliphatic carbocycles. The lowest BCUT2D eigenvalue weighted by Gasteiger charge is -2.17. The van der Waals surface area contributed by atoms with Gasteiger partial charge in [-0.1, -0.05) is 91.1 Å². The highest BCUT2D eigenvalue weighted by atomic mass is 16.4. The van der Waals surface area contributed by atoms with Gasteiger partial charge >= 0.3 is 5.97 Å². The van der Waals surface area contributed by atoms with Gasteiger partial charge in [0.15, 0.2) is 0 Å². The molecule has 0 spiro atoms. The summed E-state index contributed by atoms with van der Waals surface area (Å²) in [7, 11) is 0. The molecule has 0 bridgehead atoms. The normalized spacial score (nSPS) is 12.3. The minimum absolute atomic E-state index is 0.190. The van der Waals surface area contributed by atoms with Crippen LogP contribution < -0.4 is 0 Å². The van der Waals surface area contributed by atoms with E-state index in [-0.39, 0.29) is 5.92 Å². The SMILES string of the molecule is C=C(C(=O)O)C(CCCCCCC)CCCCCCCC. The summed E-state index contributed by atoms with van der Waals surface area (Å²) in [5, 5.41) is 9.17. The van der Waals surface area contributed by atoms with Gasteiger partial charge in [-0.15, -0.1) is 0 Å². The Balaban J connectivity index is 3.92. The molecule has 124 valence electrons. The lowest BCUT2D eigenvalue weighted by atomic mass is 9.88. The molecule has 2 heteroatoms. The summed E-state index contributed by atoms with van der Waals surface area (Å²) in [5.41, 5.74) is 0.430. The Morgan fingerprint density at radius 1 is 0.810 bits per heavy atom. The lowest BCUT2D eigenvalue weighted by molar-refractivity contribution is -0.133. The standard InChI is InChI=1S/C19H36O2/c1-4-6-8-10-12-14-16-18(17(3)19(20)21)15-13-11-9-7-5-2/h18H,3-16H2,1-2H3,(H,20,21). The second kappa shape index (κ2) is 14.2. The van der Waals surface area contributed by atoms with Crippen molar-refractivity contribution in [1.29, 1.82) is 0 Å². The number of carboxylic acid groups (broad SMARTS) is 1. The van der Waals surface area contributed by atoms with Crippen molar-refractivity contribution in [3.8, 4) is 0 Å². The summed E-state index contributed by atoms with van der Waals surface area (Å²) in [5.74, 6) is -0.616. The fourth-order valence-electron chi connectivity index (χ4n) is 2.83. The summed E-state index contributed by atoms with van der Waals surface area (Å²) in [6, 6.07) is 0. The molecule has 0 aliphatic heterocycles. The van der Waals surface area contributed by atoms with E-state index in [0.717, 1.165) is 25.7 Å².